The van der Waals surface area contributed by atoms with Crippen molar-refractivity contribution in [2.45, 2.75) is 26.7 Å². The van der Waals surface area contributed by atoms with Crippen LogP contribution in [0.2, 0.25) is 0 Å². The molecule has 3 nitrogen and oxygen atoms in total. The Hall–Kier alpha value is -1.77. The highest BCUT2D eigenvalue weighted by atomic mass is 15.2. The van der Waals surface area contributed by atoms with Gasteiger partial charge >= 0.3 is 0 Å². The smallest absolute Gasteiger partial charge is 0.136 e. The van der Waals surface area contributed by atoms with Crippen molar-refractivity contribution in [1.82, 2.24) is 4.98 Å². The van der Waals surface area contributed by atoms with Crippen LogP contribution < -0.4 is 10.6 Å². The van der Waals surface area contributed by atoms with Gasteiger partial charge in [0.2, 0.25) is 0 Å². The Morgan fingerprint density at radius 1 is 1.22 bits per heavy atom. The van der Waals surface area contributed by atoms with E-state index in [0.29, 0.717) is 0 Å². The van der Waals surface area contributed by atoms with E-state index in [1.807, 2.05) is 24.4 Å². The molecule has 0 spiro atoms. The Bertz CT molecular complexity index is 522. The largest absolute Gasteiger partial charge is 0.399 e. The molecule has 96 valence electrons. The number of unbranched alkanes of at least 4 members (excludes halogenated alkanes) is 1. The van der Waals surface area contributed by atoms with Crippen LogP contribution >= 0.6 is 0 Å². The second-order valence-electron chi connectivity index (χ2n) is 4.55. The average Bonchev–Trinajstić information content (AvgIpc) is 2.39. The summed E-state index contributed by atoms with van der Waals surface area (Å²) in [4.78, 5) is 6.88. The van der Waals surface area contributed by atoms with E-state index in [-0.39, 0.29) is 0 Å². The normalized spacial score (nSPS) is 10.8. The third kappa shape index (κ3) is 2.55. The van der Waals surface area contributed by atoms with Gasteiger partial charge in [-0.05, 0) is 43.0 Å². The quantitative estimate of drug-likeness (QED) is 0.818. The Kier molecular flexibility index (Phi) is 4.03. The van der Waals surface area contributed by atoms with E-state index in [4.69, 9.17) is 5.73 Å². The summed E-state index contributed by atoms with van der Waals surface area (Å²) < 4.78 is 0. The fourth-order valence-electron chi connectivity index (χ4n) is 2.20. The molecular weight excluding hydrogens is 222 g/mol. The summed E-state index contributed by atoms with van der Waals surface area (Å²) in [5.41, 5.74) is 6.63. The van der Waals surface area contributed by atoms with Gasteiger partial charge in [-0.15, -0.1) is 0 Å². The first-order valence-corrected chi connectivity index (χ1v) is 6.65. The van der Waals surface area contributed by atoms with E-state index in [2.05, 4.69) is 29.8 Å². The lowest BCUT2D eigenvalue weighted by molar-refractivity contribution is 0.726. The minimum atomic E-state index is 0.802. The molecule has 0 atom stereocenters. The molecule has 2 rings (SSSR count). The maximum atomic E-state index is 5.83. The zero-order valence-electron chi connectivity index (χ0n) is 11.2. The van der Waals surface area contributed by atoms with Crippen LogP contribution in [0.3, 0.4) is 0 Å². The highest BCUT2D eigenvalue weighted by Crippen LogP contribution is 2.26. The number of fused-ring (bicyclic) bond motifs is 1. The average molecular weight is 243 g/mol. The molecule has 0 bridgehead atoms. The number of rotatable bonds is 5. The molecule has 0 aliphatic carbocycles. The molecule has 1 heterocycles. The molecule has 0 amide bonds. The van der Waals surface area contributed by atoms with E-state index < -0.39 is 0 Å². The van der Waals surface area contributed by atoms with Crippen molar-refractivity contribution in [3.05, 3.63) is 30.5 Å². The van der Waals surface area contributed by atoms with E-state index in [0.717, 1.165) is 30.0 Å². The molecule has 1 aromatic heterocycles. The van der Waals surface area contributed by atoms with E-state index >= 15 is 0 Å². The zero-order chi connectivity index (χ0) is 13.0. The first-order chi connectivity index (χ1) is 8.76. The Morgan fingerprint density at radius 2 is 2.06 bits per heavy atom. The molecule has 0 unspecified atom stereocenters. The van der Waals surface area contributed by atoms with Crippen LogP contribution in [-0.2, 0) is 0 Å². The maximum Gasteiger partial charge on any atom is 0.136 e. The first-order valence-electron chi connectivity index (χ1n) is 6.65. The molecule has 18 heavy (non-hydrogen) atoms. The van der Waals surface area contributed by atoms with Crippen molar-refractivity contribution in [3.63, 3.8) is 0 Å². The van der Waals surface area contributed by atoms with Crippen LogP contribution in [0.5, 0.6) is 0 Å². The van der Waals surface area contributed by atoms with E-state index in [9.17, 15) is 0 Å². The molecule has 0 saturated heterocycles. The van der Waals surface area contributed by atoms with Crippen molar-refractivity contribution < 1.29 is 0 Å². The lowest BCUT2D eigenvalue weighted by atomic mass is 10.1. The molecule has 0 saturated carbocycles. The van der Waals surface area contributed by atoms with Gasteiger partial charge < -0.3 is 10.6 Å². The summed E-state index contributed by atoms with van der Waals surface area (Å²) in [6, 6.07) is 8.04. The summed E-state index contributed by atoms with van der Waals surface area (Å²) in [7, 11) is 0. The van der Waals surface area contributed by atoms with Gasteiger partial charge in [0.25, 0.3) is 0 Å². The molecule has 2 N–H and O–H groups in total. The third-order valence-corrected chi connectivity index (χ3v) is 3.23. The third-order valence-electron chi connectivity index (χ3n) is 3.23. The molecule has 0 aliphatic heterocycles. The van der Waals surface area contributed by atoms with Crippen LogP contribution in [-0.4, -0.2) is 18.1 Å². The highest BCUT2D eigenvalue weighted by molar-refractivity contribution is 5.93. The van der Waals surface area contributed by atoms with Crippen molar-refractivity contribution in [2.75, 3.05) is 23.7 Å². The Labute approximate surface area is 109 Å². The summed E-state index contributed by atoms with van der Waals surface area (Å²) in [6.07, 6.45) is 4.26. The summed E-state index contributed by atoms with van der Waals surface area (Å²) >= 11 is 0. The number of hydrogen-bond donors (Lipinski definition) is 1. The minimum Gasteiger partial charge on any atom is -0.399 e. The van der Waals surface area contributed by atoms with Gasteiger partial charge in [0.1, 0.15) is 5.82 Å². The van der Waals surface area contributed by atoms with Crippen molar-refractivity contribution in [2.24, 2.45) is 0 Å². The number of nitrogen functional groups attached to an aromatic ring is 1. The second kappa shape index (κ2) is 5.71. The molecular formula is C15H21N3. The Morgan fingerprint density at radius 3 is 2.78 bits per heavy atom. The van der Waals surface area contributed by atoms with Crippen molar-refractivity contribution in [3.8, 4) is 0 Å². The monoisotopic (exact) mass is 243 g/mol. The van der Waals surface area contributed by atoms with Gasteiger partial charge in [0, 0.05) is 30.4 Å². The summed E-state index contributed by atoms with van der Waals surface area (Å²) in [5, 5.41) is 2.35. The van der Waals surface area contributed by atoms with Crippen LogP contribution in [0, 0.1) is 0 Å². The Balaban J connectivity index is 2.42. The highest BCUT2D eigenvalue weighted by Gasteiger charge is 2.09. The molecule has 2 aromatic rings. The van der Waals surface area contributed by atoms with Gasteiger partial charge in [-0.1, -0.05) is 13.3 Å². The van der Waals surface area contributed by atoms with Crippen molar-refractivity contribution >= 4 is 22.3 Å². The van der Waals surface area contributed by atoms with Gasteiger partial charge in [-0.3, -0.25) is 0 Å². The van der Waals surface area contributed by atoms with Gasteiger partial charge in [0.15, 0.2) is 0 Å². The summed E-state index contributed by atoms with van der Waals surface area (Å²) in [6.45, 7) is 6.43. The van der Waals surface area contributed by atoms with Crippen LogP contribution in [0.1, 0.15) is 26.7 Å². The van der Waals surface area contributed by atoms with Gasteiger partial charge in [0.05, 0.1) is 0 Å². The zero-order valence-corrected chi connectivity index (χ0v) is 11.2. The molecule has 1 aromatic carbocycles. The fraction of sp³-hybridized carbons (Fsp3) is 0.400. The molecule has 0 aliphatic rings. The van der Waals surface area contributed by atoms with Gasteiger partial charge in [-0.2, -0.15) is 0 Å². The van der Waals surface area contributed by atoms with Crippen LogP contribution in [0.15, 0.2) is 30.5 Å². The van der Waals surface area contributed by atoms with Gasteiger partial charge in [-0.25, -0.2) is 4.98 Å². The molecule has 0 radical (unpaired) electrons. The second-order valence-corrected chi connectivity index (χ2v) is 4.55. The number of nitrogens with two attached hydrogens (primary N) is 1. The topological polar surface area (TPSA) is 42.2 Å². The van der Waals surface area contributed by atoms with E-state index in [1.165, 1.54) is 18.2 Å². The predicted molar refractivity (Wildman–Crippen MR) is 79.0 cm³/mol. The number of hydrogen-bond acceptors (Lipinski definition) is 3. The number of anilines is 2. The lowest BCUT2D eigenvalue weighted by Crippen LogP contribution is -2.25. The fourth-order valence-corrected chi connectivity index (χ4v) is 2.20. The number of aromatic nitrogens is 1. The number of nitrogens with zero attached hydrogens (tertiary/aromatic N) is 2. The first kappa shape index (κ1) is 12.7. The number of benzene rings is 1. The van der Waals surface area contributed by atoms with Crippen molar-refractivity contribution in [1.29, 1.82) is 0 Å². The minimum absolute atomic E-state index is 0.802. The number of pyridine rings is 1. The van der Waals surface area contributed by atoms with Crippen LogP contribution in [0.25, 0.3) is 10.8 Å². The van der Waals surface area contributed by atoms with E-state index in [1.54, 1.807) is 0 Å². The maximum absolute atomic E-state index is 5.83. The SMILES string of the molecule is CCCCN(CC)c1nccc2cc(N)ccc12. The summed E-state index contributed by atoms with van der Waals surface area (Å²) in [5.74, 6) is 1.07. The van der Waals surface area contributed by atoms with Crippen LogP contribution in [0.4, 0.5) is 11.5 Å². The molecule has 3 heteroatoms. The lowest BCUT2D eigenvalue weighted by Gasteiger charge is -2.23. The molecule has 0 fully saturated rings. The predicted octanol–water partition coefficient (Wildman–Crippen LogP) is 3.44. The standard InChI is InChI=1S/C15H21N3/c1-3-5-10-18(4-2)15-14-7-6-13(16)11-12(14)8-9-17-15/h6-9,11H,3-5,10,16H2,1-2H3.